The SMILES string of the molecule is C[C@@H]1c2nc(C3CC3)nn2CCN1C(=O)c1cccc2c3c([nH]c12)CCCC3. The Hall–Kier alpha value is -2.63. The number of hydrogen-bond acceptors (Lipinski definition) is 3. The summed E-state index contributed by atoms with van der Waals surface area (Å²) in [7, 11) is 0. The molecule has 0 unspecified atom stereocenters. The fourth-order valence-electron chi connectivity index (χ4n) is 4.94. The number of rotatable bonds is 2. The van der Waals surface area contributed by atoms with Gasteiger partial charge in [0.05, 0.1) is 23.7 Å². The van der Waals surface area contributed by atoms with Crippen molar-refractivity contribution in [2.24, 2.45) is 0 Å². The Morgan fingerprint density at radius 2 is 2.04 bits per heavy atom. The number of fused-ring (bicyclic) bond motifs is 4. The zero-order valence-electron chi connectivity index (χ0n) is 16.2. The summed E-state index contributed by atoms with van der Waals surface area (Å²) in [6.45, 7) is 3.48. The number of nitrogens with zero attached hydrogens (tertiary/aromatic N) is 4. The van der Waals surface area contributed by atoms with Gasteiger partial charge in [0.15, 0.2) is 5.82 Å². The van der Waals surface area contributed by atoms with Crippen LogP contribution in [0.1, 0.15) is 77.8 Å². The number of aromatic amines is 1. The van der Waals surface area contributed by atoms with Crippen molar-refractivity contribution in [1.29, 1.82) is 0 Å². The molecule has 3 heterocycles. The molecule has 3 aromatic rings. The van der Waals surface area contributed by atoms with Gasteiger partial charge in [0.25, 0.3) is 5.91 Å². The molecule has 28 heavy (non-hydrogen) atoms. The predicted octanol–water partition coefficient (Wildman–Crippen LogP) is 3.73. The van der Waals surface area contributed by atoms with Crippen LogP contribution in [-0.4, -0.2) is 37.1 Å². The predicted molar refractivity (Wildman–Crippen MR) is 106 cm³/mol. The van der Waals surface area contributed by atoms with E-state index in [1.165, 1.54) is 42.3 Å². The summed E-state index contributed by atoms with van der Waals surface area (Å²) in [5.74, 6) is 2.53. The van der Waals surface area contributed by atoms with Gasteiger partial charge in [-0.3, -0.25) is 4.79 Å². The first-order valence-electron chi connectivity index (χ1n) is 10.6. The summed E-state index contributed by atoms with van der Waals surface area (Å²) in [4.78, 5) is 23.9. The largest absolute Gasteiger partial charge is 0.358 e. The second kappa shape index (κ2) is 5.93. The molecule has 1 aliphatic heterocycles. The van der Waals surface area contributed by atoms with Gasteiger partial charge in [0.1, 0.15) is 5.82 Å². The second-order valence-electron chi connectivity index (χ2n) is 8.52. The van der Waals surface area contributed by atoms with Crippen molar-refractivity contribution in [2.75, 3.05) is 6.54 Å². The maximum Gasteiger partial charge on any atom is 0.256 e. The van der Waals surface area contributed by atoms with Crippen molar-refractivity contribution in [3.05, 3.63) is 46.7 Å². The van der Waals surface area contributed by atoms with Gasteiger partial charge in [-0.25, -0.2) is 9.67 Å². The molecular formula is C22H25N5O. The van der Waals surface area contributed by atoms with E-state index in [0.29, 0.717) is 12.5 Å². The number of H-pyrrole nitrogens is 1. The normalized spacial score (nSPS) is 21.6. The van der Waals surface area contributed by atoms with Crippen molar-refractivity contribution in [2.45, 2.75) is 64.0 Å². The molecule has 2 aromatic heterocycles. The summed E-state index contributed by atoms with van der Waals surface area (Å²) in [5.41, 5.74) is 4.53. The highest BCUT2D eigenvalue weighted by Gasteiger charge is 2.35. The van der Waals surface area contributed by atoms with Crippen molar-refractivity contribution < 1.29 is 4.79 Å². The third kappa shape index (κ3) is 2.36. The van der Waals surface area contributed by atoms with E-state index in [2.05, 4.69) is 23.1 Å². The molecule has 2 aliphatic carbocycles. The van der Waals surface area contributed by atoms with Gasteiger partial charge in [0, 0.05) is 23.5 Å². The van der Waals surface area contributed by atoms with Gasteiger partial charge in [-0.1, -0.05) is 12.1 Å². The molecule has 0 spiro atoms. The molecule has 0 saturated heterocycles. The van der Waals surface area contributed by atoms with E-state index in [1.54, 1.807) is 0 Å². The number of carbonyl (C=O) groups is 1. The van der Waals surface area contributed by atoms with Crippen LogP contribution in [0, 0.1) is 0 Å². The van der Waals surface area contributed by atoms with Gasteiger partial charge in [-0.2, -0.15) is 5.10 Å². The Kier molecular flexibility index (Phi) is 3.46. The smallest absolute Gasteiger partial charge is 0.256 e. The van der Waals surface area contributed by atoms with Crippen molar-refractivity contribution in [3.63, 3.8) is 0 Å². The van der Waals surface area contributed by atoms with E-state index >= 15 is 0 Å². The van der Waals surface area contributed by atoms with Crippen LogP contribution in [0.3, 0.4) is 0 Å². The minimum Gasteiger partial charge on any atom is -0.358 e. The molecule has 1 fully saturated rings. The van der Waals surface area contributed by atoms with E-state index in [0.717, 1.165) is 42.1 Å². The highest BCUT2D eigenvalue weighted by Crippen LogP contribution is 2.39. The number of para-hydroxylation sites is 1. The van der Waals surface area contributed by atoms with E-state index in [-0.39, 0.29) is 11.9 Å². The number of aromatic nitrogens is 4. The molecular weight excluding hydrogens is 350 g/mol. The molecule has 6 nitrogen and oxygen atoms in total. The summed E-state index contributed by atoms with van der Waals surface area (Å²) >= 11 is 0. The van der Waals surface area contributed by atoms with Gasteiger partial charge in [0.2, 0.25) is 0 Å². The summed E-state index contributed by atoms with van der Waals surface area (Å²) in [6.07, 6.45) is 7.05. The third-order valence-corrected chi connectivity index (χ3v) is 6.68. The van der Waals surface area contributed by atoms with Gasteiger partial charge in [-0.15, -0.1) is 0 Å². The monoisotopic (exact) mass is 375 g/mol. The highest BCUT2D eigenvalue weighted by molar-refractivity contribution is 6.07. The average molecular weight is 375 g/mol. The molecule has 144 valence electrons. The fourth-order valence-corrected chi connectivity index (χ4v) is 4.94. The zero-order chi connectivity index (χ0) is 18.8. The van der Waals surface area contributed by atoms with E-state index in [1.807, 2.05) is 21.7 Å². The van der Waals surface area contributed by atoms with Crippen molar-refractivity contribution >= 4 is 16.8 Å². The van der Waals surface area contributed by atoms with Gasteiger partial charge < -0.3 is 9.88 Å². The second-order valence-corrected chi connectivity index (χ2v) is 8.52. The molecule has 1 atom stereocenters. The van der Waals surface area contributed by atoms with Crippen LogP contribution in [-0.2, 0) is 19.4 Å². The number of aryl methyl sites for hydroxylation is 2. The number of nitrogens with one attached hydrogen (secondary N) is 1. The minimum atomic E-state index is -0.0545. The van der Waals surface area contributed by atoms with Crippen LogP contribution in [0.2, 0.25) is 0 Å². The Morgan fingerprint density at radius 3 is 2.89 bits per heavy atom. The maximum absolute atomic E-state index is 13.5. The molecule has 6 heteroatoms. The Bertz CT molecular complexity index is 1090. The molecule has 6 rings (SSSR count). The molecule has 0 bridgehead atoms. The lowest BCUT2D eigenvalue weighted by Crippen LogP contribution is -2.41. The Labute approximate surface area is 163 Å². The number of hydrogen-bond donors (Lipinski definition) is 1. The topological polar surface area (TPSA) is 66.8 Å². The lowest BCUT2D eigenvalue weighted by Gasteiger charge is -2.33. The zero-order valence-corrected chi connectivity index (χ0v) is 16.2. The molecule has 1 aromatic carbocycles. The van der Waals surface area contributed by atoms with Gasteiger partial charge >= 0.3 is 0 Å². The van der Waals surface area contributed by atoms with Crippen molar-refractivity contribution in [1.82, 2.24) is 24.6 Å². The van der Waals surface area contributed by atoms with E-state index in [9.17, 15) is 4.79 Å². The first-order chi connectivity index (χ1) is 13.7. The molecule has 1 N–H and O–H groups in total. The van der Waals surface area contributed by atoms with Crippen molar-refractivity contribution in [3.8, 4) is 0 Å². The molecule has 0 radical (unpaired) electrons. The quantitative estimate of drug-likeness (QED) is 0.742. The Balaban J connectivity index is 1.37. The van der Waals surface area contributed by atoms with Crippen LogP contribution in [0.4, 0.5) is 0 Å². The molecule has 3 aliphatic rings. The van der Waals surface area contributed by atoms with Crippen LogP contribution >= 0.6 is 0 Å². The fraction of sp³-hybridized carbons (Fsp3) is 0.500. The summed E-state index contributed by atoms with van der Waals surface area (Å²) in [6, 6.07) is 6.10. The maximum atomic E-state index is 13.5. The molecule has 1 amide bonds. The molecule has 1 saturated carbocycles. The minimum absolute atomic E-state index is 0.0545. The standard InChI is InChI=1S/C22H25N5O/c1-13-21-24-20(14-9-10-14)25-27(21)12-11-26(13)22(28)17-7-4-6-16-15-5-2-3-8-18(15)23-19(16)17/h4,6-7,13-14,23H,2-3,5,8-12H2,1H3/t13-/m1/s1. The number of amides is 1. The highest BCUT2D eigenvalue weighted by atomic mass is 16.2. The van der Waals surface area contributed by atoms with Crippen LogP contribution in [0.5, 0.6) is 0 Å². The first-order valence-corrected chi connectivity index (χ1v) is 10.6. The lowest BCUT2D eigenvalue weighted by atomic mass is 9.95. The summed E-state index contributed by atoms with van der Waals surface area (Å²) in [5, 5.41) is 5.91. The van der Waals surface area contributed by atoms with E-state index < -0.39 is 0 Å². The number of benzene rings is 1. The first kappa shape index (κ1) is 16.3. The third-order valence-electron chi connectivity index (χ3n) is 6.68. The van der Waals surface area contributed by atoms with Crippen LogP contribution < -0.4 is 0 Å². The Morgan fingerprint density at radius 1 is 1.18 bits per heavy atom. The average Bonchev–Trinajstić information content (AvgIpc) is 3.36. The number of carbonyl (C=O) groups excluding carboxylic acids is 1. The van der Waals surface area contributed by atoms with E-state index in [4.69, 9.17) is 4.98 Å². The van der Waals surface area contributed by atoms with Crippen LogP contribution in [0.15, 0.2) is 18.2 Å². The lowest BCUT2D eigenvalue weighted by molar-refractivity contribution is 0.0632. The van der Waals surface area contributed by atoms with Gasteiger partial charge in [-0.05, 0) is 57.1 Å². The van der Waals surface area contributed by atoms with Crippen LogP contribution in [0.25, 0.3) is 10.9 Å². The summed E-state index contributed by atoms with van der Waals surface area (Å²) < 4.78 is 2.01.